The molecule has 0 saturated heterocycles. The van der Waals surface area contributed by atoms with E-state index < -0.39 is 0 Å². The molecule has 0 aromatic heterocycles. The van der Waals surface area contributed by atoms with E-state index >= 15 is 0 Å². The Balaban J connectivity index is 1.67. The van der Waals surface area contributed by atoms with Gasteiger partial charge in [0.1, 0.15) is 6.61 Å². The molecular weight excluding hydrogens is 280 g/mol. The van der Waals surface area contributed by atoms with Crippen molar-refractivity contribution < 1.29 is 9.53 Å². The fourth-order valence-corrected chi connectivity index (χ4v) is 4.24. The van der Waals surface area contributed by atoms with Crippen molar-refractivity contribution in [2.45, 2.75) is 51.4 Å². The van der Waals surface area contributed by atoms with Crippen molar-refractivity contribution in [1.29, 1.82) is 0 Å². The smallest absolute Gasteiger partial charge is 0.309 e. The molecule has 1 aromatic carbocycles. The van der Waals surface area contributed by atoms with Crippen molar-refractivity contribution in [1.82, 2.24) is 0 Å². The minimum atomic E-state index is -0.0739. The molecule has 0 N–H and O–H groups in total. The van der Waals surface area contributed by atoms with Crippen LogP contribution in [0.3, 0.4) is 0 Å². The Bertz CT molecular complexity index is 432. The molecule has 1 aliphatic rings. The lowest BCUT2D eigenvalue weighted by Crippen LogP contribution is -2.20. The Morgan fingerprint density at radius 2 is 2.10 bits per heavy atom. The van der Waals surface area contributed by atoms with Gasteiger partial charge in [-0.25, -0.2) is 0 Å². The number of carbonyl (C=O) groups excluding carboxylic acids is 1. The van der Waals surface area contributed by atoms with Crippen molar-refractivity contribution in [2.24, 2.45) is 11.8 Å². The second kappa shape index (κ2) is 8.47. The van der Waals surface area contributed by atoms with Gasteiger partial charge >= 0.3 is 5.97 Å². The molecule has 0 heterocycles. The lowest BCUT2D eigenvalue weighted by molar-refractivity contribution is -0.148. The third kappa shape index (κ3) is 5.74. The topological polar surface area (TPSA) is 26.3 Å². The second-order valence-corrected chi connectivity index (χ2v) is 7.55. The van der Waals surface area contributed by atoms with Crippen molar-refractivity contribution in [3.63, 3.8) is 0 Å². The molecular formula is C18H26O2S. The molecule has 1 fully saturated rings. The van der Waals surface area contributed by atoms with Crippen LogP contribution in [-0.2, 0) is 16.1 Å². The van der Waals surface area contributed by atoms with E-state index in [1.807, 2.05) is 49.0 Å². The number of hydrogen-bond donors (Lipinski definition) is 0. The Labute approximate surface area is 132 Å². The maximum atomic E-state index is 12.0. The van der Waals surface area contributed by atoms with Gasteiger partial charge in [0.2, 0.25) is 0 Å². The fourth-order valence-electron chi connectivity index (χ4n) is 2.75. The average molecular weight is 306 g/mol. The molecule has 2 rings (SSSR count). The maximum Gasteiger partial charge on any atom is 0.309 e. The van der Waals surface area contributed by atoms with E-state index in [-0.39, 0.29) is 11.9 Å². The molecule has 0 radical (unpaired) electrons. The lowest BCUT2D eigenvalue weighted by Gasteiger charge is -2.26. The van der Waals surface area contributed by atoms with E-state index in [1.54, 1.807) is 0 Å². The first-order chi connectivity index (χ1) is 10.1. The van der Waals surface area contributed by atoms with Crippen molar-refractivity contribution in [3.05, 3.63) is 35.9 Å². The molecule has 3 unspecified atom stereocenters. The Morgan fingerprint density at radius 3 is 2.81 bits per heavy atom. The summed E-state index contributed by atoms with van der Waals surface area (Å²) < 4.78 is 5.40. The van der Waals surface area contributed by atoms with Gasteiger partial charge in [-0.3, -0.25) is 4.79 Å². The van der Waals surface area contributed by atoms with E-state index in [2.05, 4.69) is 6.92 Å². The van der Waals surface area contributed by atoms with Crippen LogP contribution in [0.1, 0.15) is 45.1 Å². The molecule has 1 saturated carbocycles. The summed E-state index contributed by atoms with van der Waals surface area (Å²) in [6.07, 6.45) is 5.31. The molecule has 3 atom stereocenters. The van der Waals surface area contributed by atoms with Crippen LogP contribution in [0, 0.1) is 11.8 Å². The van der Waals surface area contributed by atoms with Gasteiger partial charge in [-0.2, -0.15) is 11.8 Å². The number of carbonyl (C=O) groups is 1. The molecule has 0 aliphatic heterocycles. The van der Waals surface area contributed by atoms with Gasteiger partial charge in [-0.15, -0.1) is 0 Å². The van der Waals surface area contributed by atoms with Crippen LogP contribution < -0.4 is 0 Å². The highest BCUT2D eigenvalue weighted by molar-refractivity contribution is 7.99. The first-order valence-corrected chi connectivity index (χ1v) is 9.02. The third-order valence-corrected chi connectivity index (χ3v) is 5.69. The molecule has 0 spiro atoms. The number of benzene rings is 1. The summed E-state index contributed by atoms with van der Waals surface area (Å²) in [5.74, 6) is 1.63. The molecule has 1 aliphatic carbocycles. The van der Waals surface area contributed by atoms with Crippen LogP contribution in [0.5, 0.6) is 0 Å². The molecule has 3 heteroatoms. The van der Waals surface area contributed by atoms with Crippen LogP contribution >= 0.6 is 11.8 Å². The highest BCUT2D eigenvalue weighted by Crippen LogP contribution is 2.32. The maximum absolute atomic E-state index is 12.0. The number of esters is 1. The van der Waals surface area contributed by atoms with Crippen LogP contribution in [0.2, 0.25) is 0 Å². The molecule has 2 nitrogen and oxygen atoms in total. The summed E-state index contributed by atoms with van der Waals surface area (Å²) in [7, 11) is 0. The Kier molecular flexibility index (Phi) is 6.62. The van der Waals surface area contributed by atoms with E-state index in [9.17, 15) is 4.79 Å². The highest BCUT2D eigenvalue weighted by Gasteiger charge is 2.22. The quantitative estimate of drug-likeness (QED) is 0.714. The van der Waals surface area contributed by atoms with Crippen LogP contribution in [-0.4, -0.2) is 17.0 Å². The minimum absolute atomic E-state index is 0.0176. The van der Waals surface area contributed by atoms with Crippen LogP contribution in [0.15, 0.2) is 30.3 Å². The predicted octanol–water partition coefficient (Wildman–Crippen LogP) is 4.68. The van der Waals surface area contributed by atoms with E-state index in [4.69, 9.17) is 4.74 Å². The van der Waals surface area contributed by atoms with Gasteiger partial charge in [0.05, 0.1) is 5.92 Å². The summed E-state index contributed by atoms with van der Waals surface area (Å²) in [6.45, 7) is 4.70. The summed E-state index contributed by atoms with van der Waals surface area (Å²) in [4.78, 5) is 12.0. The number of hydrogen-bond acceptors (Lipinski definition) is 3. The first-order valence-electron chi connectivity index (χ1n) is 7.97. The van der Waals surface area contributed by atoms with Gasteiger partial charge in [-0.05, 0) is 24.3 Å². The third-order valence-electron chi connectivity index (χ3n) is 4.10. The van der Waals surface area contributed by atoms with Crippen LogP contribution in [0.4, 0.5) is 0 Å². The van der Waals surface area contributed by atoms with Crippen molar-refractivity contribution >= 4 is 17.7 Å². The fraction of sp³-hybridized carbons (Fsp3) is 0.611. The summed E-state index contributed by atoms with van der Waals surface area (Å²) in [5, 5.41) is 0.734. The Hall–Kier alpha value is -0.960. The molecule has 21 heavy (non-hydrogen) atoms. The summed E-state index contributed by atoms with van der Waals surface area (Å²) in [6, 6.07) is 9.86. The minimum Gasteiger partial charge on any atom is -0.461 e. The van der Waals surface area contributed by atoms with E-state index in [1.165, 1.54) is 25.7 Å². The van der Waals surface area contributed by atoms with Gasteiger partial charge < -0.3 is 4.74 Å². The van der Waals surface area contributed by atoms with E-state index in [0.29, 0.717) is 6.61 Å². The largest absolute Gasteiger partial charge is 0.461 e. The normalized spacial score (nSPS) is 23.5. The second-order valence-electron chi connectivity index (χ2n) is 6.22. The number of rotatable bonds is 6. The number of thioether (sulfide) groups is 1. The molecule has 116 valence electrons. The van der Waals surface area contributed by atoms with Crippen molar-refractivity contribution in [2.75, 3.05) is 5.75 Å². The predicted molar refractivity (Wildman–Crippen MR) is 89.3 cm³/mol. The average Bonchev–Trinajstić information content (AvgIpc) is 2.51. The summed E-state index contributed by atoms with van der Waals surface area (Å²) >= 11 is 1.96. The van der Waals surface area contributed by atoms with E-state index in [0.717, 1.165) is 22.5 Å². The van der Waals surface area contributed by atoms with Crippen molar-refractivity contribution in [3.8, 4) is 0 Å². The SMILES string of the molecule is CC1CCCC(SCC(C)C(=O)OCc2ccccc2)C1. The Morgan fingerprint density at radius 1 is 1.33 bits per heavy atom. The molecule has 1 aromatic rings. The van der Waals surface area contributed by atoms with Gasteiger partial charge in [0, 0.05) is 11.0 Å². The van der Waals surface area contributed by atoms with Gasteiger partial charge in [0.25, 0.3) is 0 Å². The van der Waals surface area contributed by atoms with Gasteiger partial charge in [-0.1, -0.05) is 57.0 Å². The van der Waals surface area contributed by atoms with Gasteiger partial charge in [0.15, 0.2) is 0 Å². The highest BCUT2D eigenvalue weighted by atomic mass is 32.2. The monoisotopic (exact) mass is 306 g/mol. The zero-order chi connectivity index (χ0) is 15.1. The lowest BCUT2D eigenvalue weighted by atomic mass is 9.91. The van der Waals surface area contributed by atoms with Crippen LogP contribution in [0.25, 0.3) is 0 Å². The summed E-state index contributed by atoms with van der Waals surface area (Å²) in [5.41, 5.74) is 1.05. The number of ether oxygens (including phenoxy) is 1. The standard InChI is InChI=1S/C18H26O2S/c1-14-7-6-10-17(11-14)21-13-15(2)18(19)20-12-16-8-4-3-5-9-16/h3-5,8-9,14-15,17H,6-7,10-13H2,1-2H3. The molecule has 0 bridgehead atoms. The zero-order valence-corrected chi connectivity index (χ0v) is 13.9. The zero-order valence-electron chi connectivity index (χ0n) is 13.1. The molecule has 0 amide bonds. The first kappa shape index (κ1) is 16.4.